The lowest BCUT2D eigenvalue weighted by Gasteiger charge is -2.30. The molecule has 3 N–H and O–H groups in total. The molecule has 0 unspecified atom stereocenters. The Morgan fingerprint density at radius 2 is 2.24 bits per heavy atom. The van der Waals surface area contributed by atoms with Gasteiger partial charge < -0.3 is 15.8 Å². The molecule has 7 nitrogen and oxygen atoms in total. The number of hydrogen-bond donors (Lipinski definition) is 2. The molecule has 0 radical (unpaired) electrons. The van der Waals surface area contributed by atoms with Crippen molar-refractivity contribution in [3.8, 4) is 11.8 Å². The number of aromatic nitrogens is 2. The first-order valence-electron chi connectivity index (χ1n) is 8.80. The van der Waals surface area contributed by atoms with Gasteiger partial charge in [0.25, 0.3) is 5.91 Å². The molecular formula is C20H20FN5O2S. The highest BCUT2D eigenvalue weighted by atomic mass is 32.2. The van der Waals surface area contributed by atoms with E-state index in [9.17, 15) is 9.18 Å². The Labute approximate surface area is 172 Å². The Morgan fingerprint density at radius 1 is 1.41 bits per heavy atom. The Bertz CT molecular complexity index is 1000. The molecule has 2 aromatic rings. The highest BCUT2D eigenvalue weighted by Gasteiger charge is 2.32. The molecule has 1 aromatic carbocycles. The van der Waals surface area contributed by atoms with Crippen molar-refractivity contribution >= 4 is 28.5 Å². The fourth-order valence-corrected chi connectivity index (χ4v) is 3.77. The molecule has 9 heteroatoms. The van der Waals surface area contributed by atoms with Crippen LogP contribution in [0.25, 0.3) is 0 Å². The van der Waals surface area contributed by atoms with E-state index in [-0.39, 0.29) is 12.3 Å². The summed E-state index contributed by atoms with van der Waals surface area (Å²) in [6.45, 7) is 2.11. The first-order chi connectivity index (χ1) is 13.9. The number of ether oxygens (including phenoxy) is 1. The van der Waals surface area contributed by atoms with Crippen molar-refractivity contribution in [2.75, 3.05) is 24.8 Å². The Balaban J connectivity index is 1.78. The Kier molecular flexibility index (Phi) is 6.46. The first kappa shape index (κ1) is 20.8. The van der Waals surface area contributed by atoms with Crippen LogP contribution in [0.2, 0.25) is 0 Å². The summed E-state index contributed by atoms with van der Waals surface area (Å²) in [5.74, 6) is 5.42. The topological polar surface area (TPSA) is 102 Å². The number of rotatable bonds is 4. The van der Waals surface area contributed by atoms with Crippen LogP contribution in [-0.2, 0) is 10.3 Å². The number of aliphatic imine (C=N–C) groups is 1. The zero-order valence-electron chi connectivity index (χ0n) is 16.0. The molecule has 150 valence electrons. The molecule has 1 aromatic heterocycles. The fraction of sp³-hybridized carbons (Fsp3) is 0.300. The highest BCUT2D eigenvalue weighted by Crippen LogP contribution is 2.37. The number of hydrogen-bond acceptors (Lipinski definition) is 7. The van der Waals surface area contributed by atoms with Gasteiger partial charge in [-0.1, -0.05) is 17.7 Å². The van der Waals surface area contributed by atoms with Crippen LogP contribution in [0.3, 0.4) is 0 Å². The largest absolute Gasteiger partial charge is 0.379 e. The summed E-state index contributed by atoms with van der Waals surface area (Å²) >= 11 is 1.44. The van der Waals surface area contributed by atoms with Gasteiger partial charge in [0.05, 0.1) is 17.9 Å². The monoisotopic (exact) mass is 413 g/mol. The lowest BCUT2D eigenvalue weighted by atomic mass is 9.89. The maximum Gasteiger partial charge on any atom is 0.275 e. The van der Waals surface area contributed by atoms with Gasteiger partial charge in [0.2, 0.25) is 0 Å². The van der Waals surface area contributed by atoms with E-state index in [1.165, 1.54) is 36.3 Å². The van der Waals surface area contributed by atoms with E-state index in [0.717, 1.165) is 5.75 Å². The number of carbonyl (C=O) groups is 1. The molecule has 1 amide bonds. The van der Waals surface area contributed by atoms with Crippen LogP contribution in [0, 0.1) is 17.7 Å². The summed E-state index contributed by atoms with van der Waals surface area (Å²) in [7, 11) is 1.55. The predicted molar refractivity (Wildman–Crippen MR) is 111 cm³/mol. The maximum atomic E-state index is 14.5. The number of amides is 1. The number of anilines is 1. The van der Waals surface area contributed by atoms with E-state index in [0.29, 0.717) is 28.5 Å². The third-order valence-corrected chi connectivity index (χ3v) is 5.11. The molecule has 1 aliphatic rings. The van der Waals surface area contributed by atoms with Crippen molar-refractivity contribution in [2.24, 2.45) is 10.7 Å². The van der Waals surface area contributed by atoms with E-state index in [1.807, 2.05) is 6.92 Å². The molecular weight excluding hydrogens is 393 g/mol. The van der Waals surface area contributed by atoms with Gasteiger partial charge in [-0.25, -0.2) is 14.4 Å². The second-order valence-corrected chi connectivity index (χ2v) is 7.61. The summed E-state index contributed by atoms with van der Waals surface area (Å²) in [5, 5.41) is 3.14. The van der Waals surface area contributed by atoms with Gasteiger partial charge in [-0.2, -0.15) is 0 Å². The number of carbonyl (C=O) groups excluding carboxylic acids is 1. The van der Waals surface area contributed by atoms with Crippen molar-refractivity contribution in [1.29, 1.82) is 0 Å². The normalized spacial score (nSPS) is 18.4. The zero-order valence-corrected chi connectivity index (χ0v) is 16.8. The SMILES string of the molecule is COCC#Cc1cnc(C(=O)Nc2ccc(F)c([C@]3(C)CCSC(N)=N3)c2)cn1. The number of nitrogens with one attached hydrogen (secondary N) is 1. The lowest BCUT2D eigenvalue weighted by Crippen LogP contribution is -2.29. The Morgan fingerprint density at radius 3 is 2.93 bits per heavy atom. The molecule has 29 heavy (non-hydrogen) atoms. The number of nitrogens with two attached hydrogens (primary N) is 1. The summed E-state index contributed by atoms with van der Waals surface area (Å²) in [5.41, 5.74) is 6.43. The van der Waals surface area contributed by atoms with Crippen LogP contribution in [-0.4, -0.2) is 40.5 Å². The summed E-state index contributed by atoms with van der Waals surface area (Å²) in [6.07, 6.45) is 3.39. The van der Waals surface area contributed by atoms with Gasteiger partial charge in [0, 0.05) is 24.1 Å². The minimum absolute atomic E-state index is 0.121. The van der Waals surface area contributed by atoms with Crippen molar-refractivity contribution < 1.29 is 13.9 Å². The van der Waals surface area contributed by atoms with E-state index in [2.05, 4.69) is 32.1 Å². The standard InChI is InChI=1S/C20H20FN5O2S/c1-20(7-9-29-19(22)26-20)15-10-13(5-6-16(15)21)25-18(27)17-12-23-14(11-24-17)4-3-8-28-2/h5-6,10-12H,7-9H2,1-2H3,(H2,22,26)(H,25,27)/t20-/m0/s1. The summed E-state index contributed by atoms with van der Waals surface area (Å²) < 4.78 is 19.3. The molecule has 0 saturated heterocycles. The van der Waals surface area contributed by atoms with Crippen LogP contribution in [0.15, 0.2) is 35.6 Å². The lowest BCUT2D eigenvalue weighted by molar-refractivity contribution is 0.102. The second-order valence-electron chi connectivity index (χ2n) is 6.49. The third-order valence-electron chi connectivity index (χ3n) is 4.32. The van der Waals surface area contributed by atoms with Gasteiger partial charge in [0.15, 0.2) is 5.17 Å². The van der Waals surface area contributed by atoms with Gasteiger partial charge in [-0.05, 0) is 37.5 Å². The Hall–Kier alpha value is -2.96. The van der Waals surface area contributed by atoms with Crippen LogP contribution >= 0.6 is 11.8 Å². The minimum atomic E-state index is -0.775. The van der Waals surface area contributed by atoms with Crippen LogP contribution in [0.5, 0.6) is 0 Å². The van der Waals surface area contributed by atoms with Gasteiger partial charge in [-0.15, -0.1) is 0 Å². The number of benzene rings is 1. The van der Waals surface area contributed by atoms with Gasteiger partial charge in [0.1, 0.15) is 23.8 Å². The quantitative estimate of drug-likeness (QED) is 0.747. The van der Waals surface area contributed by atoms with Gasteiger partial charge in [-0.3, -0.25) is 9.79 Å². The van der Waals surface area contributed by atoms with Crippen LogP contribution in [0.4, 0.5) is 10.1 Å². The van der Waals surface area contributed by atoms with E-state index >= 15 is 0 Å². The predicted octanol–water partition coefficient (Wildman–Crippen LogP) is 2.53. The number of thioether (sulfide) groups is 1. The van der Waals surface area contributed by atoms with Crippen LogP contribution in [0.1, 0.15) is 35.1 Å². The van der Waals surface area contributed by atoms with Crippen molar-refractivity contribution in [2.45, 2.75) is 18.9 Å². The van der Waals surface area contributed by atoms with E-state index in [4.69, 9.17) is 10.5 Å². The number of methoxy groups -OCH3 is 1. The van der Waals surface area contributed by atoms with E-state index in [1.54, 1.807) is 13.2 Å². The molecule has 1 atom stereocenters. The van der Waals surface area contributed by atoms with Gasteiger partial charge >= 0.3 is 0 Å². The number of halogens is 1. The third kappa shape index (κ3) is 5.10. The highest BCUT2D eigenvalue weighted by molar-refractivity contribution is 8.13. The molecule has 2 heterocycles. The molecule has 3 rings (SSSR count). The average molecular weight is 413 g/mol. The van der Waals surface area contributed by atoms with Crippen molar-refractivity contribution in [3.05, 3.63) is 53.4 Å². The summed E-state index contributed by atoms with van der Waals surface area (Å²) in [6, 6.07) is 4.38. The smallest absolute Gasteiger partial charge is 0.275 e. The van der Waals surface area contributed by atoms with Crippen LogP contribution < -0.4 is 11.1 Å². The first-order valence-corrected chi connectivity index (χ1v) is 9.79. The van der Waals surface area contributed by atoms with Crippen molar-refractivity contribution in [3.63, 3.8) is 0 Å². The van der Waals surface area contributed by atoms with Crippen molar-refractivity contribution in [1.82, 2.24) is 9.97 Å². The molecule has 0 fully saturated rings. The summed E-state index contributed by atoms with van der Waals surface area (Å²) in [4.78, 5) is 25.1. The zero-order chi connectivity index (χ0) is 20.9. The number of nitrogens with zero attached hydrogens (tertiary/aromatic N) is 3. The molecule has 1 aliphatic heterocycles. The maximum absolute atomic E-state index is 14.5. The minimum Gasteiger partial charge on any atom is -0.379 e. The second kappa shape index (κ2) is 9.03. The van der Waals surface area contributed by atoms with E-state index < -0.39 is 17.3 Å². The molecule has 0 aliphatic carbocycles. The molecule has 0 saturated carbocycles. The average Bonchev–Trinajstić information content (AvgIpc) is 2.70. The molecule has 0 bridgehead atoms. The number of amidine groups is 1. The fourth-order valence-electron chi connectivity index (χ4n) is 2.80. The molecule has 0 spiro atoms.